The van der Waals surface area contributed by atoms with E-state index in [0.717, 1.165) is 6.42 Å². The molecule has 0 aliphatic carbocycles. The van der Waals surface area contributed by atoms with Crippen LogP contribution < -0.4 is 4.74 Å². The zero-order chi connectivity index (χ0) is 17.9. The molecule has 2 rings (SSSR count). The van der Waals surface area contributed by atoms with Crippen molar-refractivity contribution in [1.82, 2.24) is 4.90 Å². The summed E-state index contributed by atoms with van der Waals surface area (Å²) in [6, 6.07) is 4.57. The third-order valence-electron chi connectivity index (χ3n) is 3.62. The zero-order valence-corrected chi connectivity index (χ0v) is 15.6. The fourth-order valence-corrected chi connectivity index (χ4v) is 2.87. The van der Waals surface area contributed by atoms with Gasteiger partial charge in [0.2, 0.25) is 0 Å². The number of halogens is 3. The highest BCUT2D eigenvalue weighted by molar-refractivity contribution is 9.10. The molecule has 1 aliphatic heterocycles. The summed E-state index contributed by atoms with van der Waals surface area (Å²) in [6.45, 7) is 6.85. The first-order chi connectivity index (χ1) is 11.2. The van der Waals surface area contributed by atoms with Gasteiger partial charge in [0.05, 0.1) is 12.2 Å². The highest BCUT2D eigenvalue weighted by atomic mass is 79.9. The minimum absolute atomic E-state index is 0.103. The molecule has 1 saturated heterocycles. The van der Waals surface area contributed by atoms with Gasteiger partial charge in [0.1, 0.15) is 11.4 Å². The second kappa shape index (κ2) is 7.68. The Morgan fingerprint density at radius 3 is 2.75 bits per heavy atom. The Morgan fingerprint density at radius 1 is 1.42 bits per heavy atom. The number of benzene rings is 1. The van der Waals surface area contributed by atoms with Gasteiger partial charge >= 0.3 is 6.09 Å². The second-order valence-corrected chi connectivity index (χ2v) is 7.79. The van der Waals surface area contributed by atoms with E-state index < -0.39 is 12.0 Å². The highest BCUT2D eigenvalue weighted by Gasteiger charge is 2.30. The van der Waals surface area contributed by atoms with Crippen LogP contribution in [-0.4, -0.2) is 36.3 Å². The van der Waals surface area contributed by atoms with Crippen molar-refractivity contribution in [1.29, 1.82) is 0 Å². The van der Waals surface area contributed by atoms with Gasteiger partial charge in [-0.15, -0.1) is 0 Å². The number of nitrogens with zero attached hydrogens (tertiary/aromatic N) is 1. The van der Waals surface area contributed by atoms with Crippen molar-refractivity contribution >= 4 is 22.0 Å². The number of alkyl halides is 2. The summed E-state index contributed by atoms with van der Waals surface area (Å²) in [4.78, 5) is 13.7. The molecule has 0 saturated carbocycles. The first kappa shape index (κ1) is 19.0. The van der Waals surface area contributed by atoms with Crippen LogP contribution in [0.4, 0.5) is 13.6 Å². The molecule has 1 atom stereocenters. The smallest absolute Gasteiger partial charge is 0.410 e. The third-order valence-corrected chi connectivity index (χ3v) is 4.11. The quantitative estimate of drug-likeness (QED) is 0.705. The molecule has 0 radical (unpaired) electrons. The molecule has 1 unspecified atom stereocenters. The lowest BCUT2D eigenvalue weighted by molar-refractivity contribution is 0.0284. The maximum absolute atomic E-state index is 13.1. The van der Waals surface area contributed by atoms with Gasteiger partial charge in [-0.25, -0.2) is 13.6 Å². The summed E-state index contributed by atoms with van der Waals surface area (Å²) < 4.78 is 37.6. The fraction of sp³-hybridized carbons (Fsp3) is 0.588. The number of likely N-dealkylation sites (tertiary alicyclic amines) is 1. The molecule has 7 heteroatoms. The molecule has 1 heterocycles. The van der Waals surface area contributed by atoms with E-state index >= 15 is 0 Å². The van der Waals surface area contributed by atoms with Crippen LogP contribution in [0.1, 0.15) is 39.2 Å². The molecular weight excluding hydrogens is 384 g/mol. The van der Waals surface area contributed by atoms with Gasteiger partial charge < -0.3 is 14.4 Å². The van der Waals surface area contributed by atoms with E-state index in [1.807, 2.05) is 20.8 Å². The maximum Gasteiger partial charge on any atom is 0.410 e. The van der Waals surface area contributed by atoms with Gasteiger partial charge in [-0.3, -0.25) is 0 Å². The molecule has 1 aliphatic rings. The Labute approximate surface area is 149 Å². The Morgan fingerprint density at radius 2 is 2.12 bits per heavy atom. The minimum Gasteiger partial charge on any atom is -0.493 e. The van der Waals surface area contributed by atoms with E-state index in [4.69, 9.17) is 9.47 Å². The van der Waals surface area contributed by atoms with Gasteiger partial charge in [0.25, 0.3) is 6.43 Å². The molecule has 1 fully saturated rings. The number of rotatable bonds is 4. The summed E-state index contributed by atoms with van der Waals surface area (Å²) >= 11 is 3.18. The van der Waals surface area contributed by atoms with Crippen molar-refractivity contribution in [3.8, 4) is 5.75 Å². The fourth-order valence-electron chi connectivity index (χ4n) is 2.49. The molecule has 24 heavy (non-hydrogen) atoms. The maximum atomic E-state index is 13.1. The normalized spacial score (nSPS) is 18.1. The SMILES string of the molecule is CC(C)(C)OC(=O)N1CCC(COc2ccc(Br)cc2C(F)F)C1. The van der Waals surface area contributed by atoms with E-state index in [1.54, 1.807) is 11.0 Å². The summed E-state index contributed by atoms with van der Waals surface area (Å²) in [5.41, 5.74) is -0.665. The third kappa shape index (κ3) is 5.33. The largest absolute Gasteiger partial charge is 0.493 e. The number of carbonyl (C=O) groups is 1. The van der Waals surface area contributed by atoms with E-state index in [9.17, 15) is 13.6 Å². The van der Waals surface area contributed by atoms with Crippen molar-refractivity contribution in [3.05, 3.63) is 28.2 Å². The molecule has 4 nitrogen and oxygen atoms in total. The minimum atomic E-state index is -2.60. The van der Waals surface area contributed by atoms with Crippen molar-refractivity contribution in [2.24, 2.45) is 5.92 Å². The van der Waals surface area contributed by atoms with Crippen molar-refractivity contribution in [2.45, 2.75) is 39.2 Å². The lowest BCUT2D eigenvalue weighted by atomic mass is 10.1. The highest BCUT2D eigenvalue weighted by Crippen LogP contribution is 2.32. The molecule has 0 aromatic heterocycles. The second-order valence-electron chi connectivity index (χ2n) is 6.87. The Hall–Kier alpha value is -1.37. The van der Waals surface area contributed by atoms with Crippen molar-refractivity contribution in [3.63, 3.8) is 0 Å². The first-order valence-electron chi connectivity index (χ1n) is 7.84. The molecule has 0 bridgehead atoms. The van der Waals surface area contributed by atoms with Crippen LogP contribution in [0.15, 0.2) is 22.7 Å². The molecule has 134 valence electrons. The zero-order valence-electron chi connectivity index (χ0n) is 14.0. The lowest BCUT2D eigenvalue weighted by Gasteiger charge is -2.24. The van der Waals surface area contributed by atoms with E-state index in [-0.39, 0.29) is 23.3 Å². The topological polar surface area (TPSA) is 38.8 Å². The standard InChI is InChI=1S/C17H22BrF2NO3/c1-17(2,3)24-16(22)21-7-6-11(9-21)10-23-14-5-4-12(18)8-13(14)15(19)20/h4-5,8,11,15H,6-7,9-10H2,1-3H3. The van der Waals surface area contributed by atoms with Crippen LogP contribution in [0.2, 0.25) is 0 Å². The van der Waals surface area contributed by atoms with Gasteiger partial charge in [0.15, 0.2) is 0 Å². The lowest BCUT2D eigenvalue weighted by Crippen LogP contribution is -2.35. The first-order valence-corrected chi connectivity index (χ1v) is 8.63. The van der Waals surface area contributed by atoms with Crippen LogP contribution in [0, 0.1) is 5.92 Å². The summed E-state index contributed by atoms with van der Waals surface area (Å²) in [5.74, 6) is 0.288. The van der Waals surface area contributed by atoms with Crippen LogP contribution in [-0.2, 0) is 4.74 Å². The van der Waals surface area contributed by atoms with E-state index in [1.165, 1.54) is 12.1 Å². The molecule has 1 amide bonds. The van der Waals surface area contributed by atoms with E-state index in [2.05, 4.69) is 15.9 Å². The predicted molar refractivity (Wildman–Crippen MR) is 90.5 cm³/mol. The number of amides is 1. The van der Waals surface area contributed by atoms with E-state index in [0.29, 0.717) is 24.2 Å². The number of hydrogen-bond donors (Lipinski definition) is 0. The van der Waals surface area contributed by atoms with Crippen LogP contribution in [0.25, 0.3) is 0 Å². The Bertz CT molecular complexity index is 590. The summed E-state index contributed by atoms with van der Waals surface area (Å²) in [7, 11) is 0. The van der Waals surface area contributed by atoms with Gasteiger partial charge in [-0.1, -0.05) is 15.9 Å². The molecular formula is C17H22BrF2NO3. The van der Waals surface area contributed by atoms with Gasteiger partial charge in [0, 0.05) is 23.5 Å². The van der Waals surface area contributed by atoms with Crippen LogP contribution in [0.3, 0.4) is 0 Å². The monoisotopic (exact) mass is 405 g/mol. The van der Waals surface area contributed by atoms with Crippen molar-refractivity contribution in [2.75, 3.05) is 19.7 Å². The summed E-state index contributed by atoms with van der Waals surface area (Å²) in [6.07, 6.45) is -2.18. The average molecular weight is 406 g/mol. The van der Waals surface area contributed by atoms with Gasteiger partial charge in [-0.2, -0.15) is 0 Å². The van der Waals surface area contributed by atoms with Crippen molar-refractivity contribution < 1.29 is 23.0 Å². The predicted octanol–water partition coefficient (Wildman–Crippen LogP) is 5.02. The average Bonchev–Trinajstić information content (AvgIpc) is 2.93. The van der Waals surface area contributed by atoms with Gasteiger partial charge in [-0.05, 0) is 45.4 Å². The number of carbonyl (C=O) groups excluding carboxylic acids is 1. The Kier molecular flexibility index (Phi) is 6.06. The number of ether oxygens (including phenoxy) is 2. The molecule has 1 aromatic rings. The van der Waals surface area contributed by atoms with Crippen LogP contribution >= 0.6 is 15.9 Å². The Balaban J connectivity index is 1.90. The molecule has 0 spiro atoms. The molecule has 0 N–H and O–H groups in total. The van der Waals surface area contributed by atoms with Crippen LogP contribution in [0.5, 0.6) is 5.75 Å². The molecule has 1 aromatic carbocycles. The summed E-state index contributed by atoms with van der Waals surface area (Å²) in [5, 5.41) is 0. The number of hydrogen-bond acceptors (Lipinski definition) is 3.